The van der Waals surface area contributed by atoms with Crippen LogP contribution in [-0.2, 0) is 14.8 Å². The molecule has 0 bridgehead atoms. The molecule has 1 aromatic carbocycles. The first-order chi connectivity index (χ1) is 9.52. The summed E-state index contributed by atoms with van der Waals surface area (Å²) in [5.41, 5.74) is 0.786. The number of amides is 1. The van der Waals surface area contributed by atoms with Crippen molar-refractivity contribution in [2.45, 2.75) is 19.4 Å². The molecule has 1 N–H and O–H groups in total. The Bertz CT molecular complexity index is 559. The van der Waals surface area contributed by atoms with Crippen LogP contribution in [0.25, 0.3) is 0 Å². The fourth-order valence-electron chi connectivity index (χ4n) is 1.97. The molecule has 1 amide bonds. The lowest BCUT2D eigenvalue weighted by Crippen LogP contribution is -2.30. The third-order valence-electron chi connectivity index (χ3n) is 3.11. The summed E-state index contributed by atoms with van der Waals surface area (Å²) in [5, 5.41) is 0. The van der Waals surface area contributed by atoms with Crippen LogP contribution in [0.3, 0.4) is 0 Å². The highest BCUT2D eigenvalue weighted by atomic mass is 32.2. The lowest BCUT2D eigenvalue weighted by Gasteiger charge is -2.12. The maximum atomic E-state index is 11.8. The number of para-hydroxylation sites is 1. The summed E-state index contributed by atoms with van der Waals surface area (Å²) in [6.45, 7) is 2.29. The molecule has 7 heteroatoms. The number of carbonyl (C=O) groups excluding carboxylic acids is 1. The standard InChI is InChI=1S/C13H18N2O4S/c1-2-20(17,18)14-9-8-12-10-15(13(16)19-12)11-6-4-3-5-7-11/h3-7,12,14H,2,8-10H2,1H3. The minimum Gasteiger partial charge on any atom is -0.444 e. The predicted molar refractivity (Wildman–Crippen MR) is 76.1 cm³/mol. The van der Waals surface area contributed by atoms with Crippen molar-refractivity contribution in [2.75, 3.05) is 23.7 Å². The van der Waals surface area contributed by atoms with Gasteiger partial charge in [-0.15, -0.1) is 0 Å². The second-order valence-electron chi connectivity index (χ2n) is 4.54. The van der Waals surface area contributed by atoms with Gasteiger partial charge < -0.3 is 4.74 Å². The van der Waals surface area contributed by atoms with Gasteiger partial charge in [0.25, 0.3) is 0 Å². The molecule has 1 saturated heterocycles. The lowest BCUT2D eigenvalue weighted by molar-refractivity contribution is 0.137. The molecule has 0 saturated carbocycles. The van der Waals surface area contributed by atoms with Crippen LogP contribution in [0.4, 0.5) is 10.5 Å². The Kier molecular flexibility index (Phi) is 4.61. The number of nitrogens with zero attached hydrogens (tertiary/aromatic N) is 1. The molecule has 1 heterocycles. The van der Waals surface area contributed by atoms with E-state index in [9.17, 15) is 13.2 Å². The van der Waals surface area contributed by atoms with Gasteiger partial charge in [-0.05, 0) is 25.5 Å². The van der Waals surface area contributed by atoms with Gasteiger partial charge in [-0.25, -0.2) is 17.9 Å². The number of sulfonamides is 1. The van der Waals surface area contributed by atoms with Crippen LogP contribution in [0.5, 0.6) is 0 Å². The van der Waals surface area contributed by atoms with Gasteiger partial charge in [-0.1, -0.05) is 18.2 Å². The average Bonchev–Trinajstić information content (AvgIpc) is 2.81. The zero-order valence-corrected chi connectivity index (χ0v) is 12.1. The van der Waals surface area contributed by atoms with E-state index >= 15 is 0 Å². The molecule has 6 nitrogen and oxygen atoms in total. The first-order valence-electron chi connectivity index (χ1n) is 6.52. The lowest BCUT2D eigenvalue weighted by atomic mass is 10.2. The minimum atomic E-state index is -3.19. The second-order valence-corrected chi connectivity index (χ2v) is 6.63. The first kappa shape index (κ1) is 14.8. The predicted octanol–water partition coefficient (Wildman–Crippen LogP) is 1.34. The van der Waals surface area contributed by atoms with E-state index in [1.54, 1.807) is 11.8 Å². The number of hydrogen-bond donors (Lipinski definition) is 1. The van der Waals surface area contributed by atoms with Gasteiger partial charge in [0, 0.05) is 12.2 Å². The maximum absolute atomic E-state index is 11.8. The summed E-state index contributed by atoms with van der Waals surface area (Å²) in [7, 11) is -3.19. The Morgan fingerprint density at radius 1 is 1.35 bits per heavy atom. The van der Waals surface area contributed by atoms with Crippen molar-refractivity contribution in [1.82, 2.24) is 4.72 Å². The molecule has 1 aromatic rings. The Hall–Kier alpha value is -1.60. The van der Waals surface area contributed by atoms with E-state index < -0.39 is 10.0 Å². The second kappa shape index (κ2) is 6.23. The molecule has 1 unspecified atom stereocenters. The van der Waals surface area contributed by atoms with Crippen LogP contribution in [0.2, 0.25) is 0 Å². The van der Waals surface area contributed by atoms with Crippen LogP contribution < -0.4 is 9.62 Å². The maximum Gasteiger partial charge on any atom is 0.414 e. The Balaban J connectivity index is 1.87. The van der Waals surface area contributed by atoms with Gasteiger partial charge in [-0.2, -0.15) is 0 Å². The van der Waals surface area contributed by atoms with E-state index in [1.165, 1.54) is 0 Å². The summed E-state index contributed by atoms with van der Waals surface area (Å²) in [4.78, 5) is 13.3. The third-order valence-corrected chi connectivity index (χ3v) is 4.51. The zero-order chi connectivity index (χ0) is 14.6. The summed E-state index contributed by atoms with van der Waals surface area (Å²) < 4.78 is 30.3. The van der Waals surface area contributed by atoms with E-state index in [0.29, 0.717) is 13.0 Å². The van der Waals surface area contributed by atoms with Crippen molar-refractivity contribution in [3.05, 3.63) is 30.3 Å². The van der Waals surface area contributed by atoms with Crippen LogP contribution in [0.15, 0.2) is 30.3 Å². The molecule has 0 spiro atoms. The normalized spacial score (nSPS) is 19.1. The van der Waals surface area contributed by atoms with Gasteiger partial charge in [0.15, 0.2) is 0 Å². The van der Waals surface area contributed by atoms with Gasteiger partial charge in [0.1, 0.15) is 6.10 Å². The van der Waals surface area contributed by atoms with E-state index in [1.807, 2.05) is 30.3 Å². The summed E-state index contributed by atoms with van der Waals surface area (Å²) in [5.74, 6) is 0.0492. The molecular formula is C13H18N2O4S. The first-order valence-corrected chi connectivity index (χ1v) is 8.17. The van der Waals surface area contributed by atoms with Crippen molar-refractivity contribution < 1.29 is 17.9 Å². The van der Waals surface area contributed by atoms with Gasteiger partial charge in [-0.3, -0.25) is 4.90 Å². The number of benzene rings is 1. The fraction of sp³-hybridized carbons (Fsp3) is 0.462. The Morgan fingerprint density at radius 3 is 2.70 bits per heavy atom. The van der Waals surface area contributed by atoms with Gasteiger partial charge in [0.2, 0.25) is 10.0 Å². The van der Waals surface area contributed by atoms with Crippen molar-refractivity contribution in [3.63, 3.8) is 0 Å². The summed E-state index contributed by atoms with van der Waals surface area (Å²) in [6.07, 6.45) is -0.212. The van der Waals surface area contributed by atoms with Crippen molar-refractivity contribution >= 4 is 21.8 Å². The number of ether oxygens (including phenoxy) is 1. The molecule has 1 aliphatic rings. The van der Waals surface area contributed by atoms with Gasteiger partial charge >= 0.3 is 6.09 Å². The molecular weight excluding hydrogens is 280 g/mol. The number of nitrogens with one attached hydrogen (secondary N) is 1. The molecule has 0 aliphatic carbocycles. The van der Waals surface area contributed by atoms with E-state index in [2.05, 4.69) is 4.72 Å². The van der Waals surface area contributed by atoms with E-state index in [4.69, 9.17) is 4.74 Å². The molecule has 0 aromatic heterocycles. The van der Waals surface area contributed by atoms with Crippen molar-refractivity contribution in [1.29, 1.82) is 0 Å². The van der Waals surface area contributed by atoms with Crippen LogP contribution in [-0.4, -0.2) is 39.5 Å². The van der Waals surface area contributed by atoms with Crippen LogP contribution in [0, 0.1) is 0 Å². The average molecular weight is 298 g/mol. The highest BCUT2D eigenvalue weighted by Gasteiger charge is 2.31. The number of anilines is 1. The minimum absolute atomic E-state index is 0.0492. The molecule has 20 heavy (non-hydrogen) atoms. The summed E-state index contributed by atoms with van der Waals surface area (Å²) in [6, 6.07) is 9.26. The number of cyclic esters (lactones) is 1. The van der Waals surface area contributed by atoms with E-state index in [0.717, 1.165) is 5.69 Å². The SMILES string of the molecule is CCS(=O)(=O)NCCC1CN(c2ccccc2)C(=O)O1. The highest BCUT2D eigenvalue weighted by molar-refractivity contribution is 7.89. The Labute approximate surface area is 118 Å². The molecule has 0 radical (unpaired) electrons. The smallest absolute Gasteiger partial charge is 0.414 e. The van der Waals surface area contributed by atoms with Crippen LogP contribution >= 0.6 is 0 Å². The molecule has 1 atom stereocenters. The molecule has 1 aliphatic heterocycles. The van der Waals surface area contributed by atoms with E-state index in [-0.39, 0.29) is 24.5 Å². The number of hydrogen-bond acceptors (Lipinski definition) is 4. The zero-order valence-electron chi connectivity index (χ0n) is 11.3. The molecule has 1 fully saturated rings. The largest absolute Gasteiger partial charge is 0.444 e. The molecule has 110 valence electrons. The number of rotatable bonds is 6. The quantitative estimate of drug-likeness (QED) is 0.860. The number of carbonyl (C=O) groups is 1. The fourth-order valence-corrected chi connectivity index (χ4v) is 2.60. The molecule has 2 rings (SSSR count). The van der Waals surface area contributed by atoms with Gasteiger partial charge in [0.05, 0.1) is 12.3 Å². The monoisotopic (exact) mass is 298 g/mol. The summed E-state index contributed by atoms with van der Waals surface area (Å²) >= 11 is 0. The van der Waals surface area contributed by atoms with Crippen molar-refractivity contribution in [3.8, 4) is 0 Å². The van der Waals surface area contributed by atoms with Crippen molar-refractivity contribution in [2.24, 2.45) is 0 Å². The Morgan fingerprint density at radius 2 is 2.05 bits per heavy atom. The third kappa shape index (κ3) is 3.71. The highest BCUT2D eigenvalue weighted by Crippen LogP contribution is 2.22. The van der Waals surface area contributed by atoms with Crippen LogP contribution in [0.1, 0.15) is 13.3 Å². The topological polar surface area (TPSA) is 75.7 Å².